The summed E-state index contributed by atoms with van der Waals surface area (Å²) >= 11 is 0. The molecule has 2 aliphatic heterocycles. The van der Waals surface area contributed by atoms with E-state index in [1.165, 1.54) is 6.42 Å². The van der Waals surface area contributed by atoms with E-state index in [1.807, 2.05) is 12.2 Å². The largest absolute Gasteiger partial charge is 0.389 e. The summed E-state index contributed by atoms with van der Waals surface area (Å²) in [6.45, 7) is 8.10. The molecule has 5 heteroatoms. The zero-order valence-corrected chi connectivity index (χ0v) is 17.8. The van der Waals surface area contributed by atoms with Crippen LogP contribution in [0.25, 0.3) is 0 Å². The normalized spacial score (nSPS) is 38.5. The van der Waals surface area contributed by atoms with Crippen LogP contribution in [0, 0.1) is 23.7 Å². The minimum atomic E-state index is -0.435. The highest BCUT2D eigenvalue weighted by Crippen LogP contribution is 2.55. The lowest BCUT2D eigenvalue weighted by Gasteiger charge is -2.31. The van der Waals surface area contributed by atoms with Crippen LogP contribution in [0.3, 0.4) is 0 Å². The summed E-state index contributed by atoms with van der Waals surface area (Å²) in [6, 6.07) is 0. The Labute approximate surface area is 175 Å². The standard InChI is InChI=1S/C24H38O5/c1-3-4-7-17(2)21(25)10-9-19-20-16-24(27-12-13-28-24)15-18(20)14-22(19)29-23-8-5-6-11-26-23/h3,9-10,17-23,25H,1,4-8,11-16H2,2H3/t17?,18-,19+,20+,21?,22+,23?/m0/s1. The maximum absolute atomic E-state index is 10.6. The van der Waals surface area contributed by atoms with Crippen molar-refractivity contribution < 1.29 is 24.1 Å². The minimum Gasteiger partial charge on any atom is -0.389 e. The maximum Gasteiger partial charge on any atom is 0.169 e. The zero-order valence-electron chi connectivity index (χ0n) is 17.8. The molecule has 0 amide bonds. The van der Waals surface area contributed by atoms with Gasteiger partial charge in [-0.1, -0.05) is 25.2 Å². The van der Waals surface area contributed by atoms with Crippen molar-refractivity contribution in [2.24, 2.45) is 23.7 Å². The second-order valence-electron chi connectivity index (χ2n) is 9.44. The van der Waals surface area contributed by atoms with E-state index in [0.717, 1.165) is 51.6 Å². The van der Waals surface area contributed by atoms with E-state index in [1.54, 1.807) is 0 Å². The van der Waals surface area contributed by atoms with Crippen LogP contribution in [-0.2, 0) is 18.9 Å². The Bertz CT molecular complexity index is 564. The highest BCUT2D eigenvalue weighted by molar-refractivity contribution is 5.10. The number of aliphatic hydroxyl groups excluding tert-OH is 1. The van der Waals surface area contributed by atoms with Gasteiger partial charge in [0.2, 0.25) is 0 Å². The van der Waals surface area contributed by atoms with Crippen LogP contribution < -0.4 is 0 Å². The molecular formula is C24H38O5. The molecule has 164 valence electrons. The molecule has 5 nitrogen and oxygen atoms in total. The van der Waals surface area contributed by atoms with E-state index >= 15 is 0 Å². The van der Waals surface area contributed by atoms with E-state index in [0.29, 0.717) is 25.0 Å². The van der Waals surface area contributed by atoms with Crippen LogP contribution in [0.5, 0.6) is 0 Å². The van der Waals surface area contributed by atoms with Gasteiger partial charge in [0.1, 0.15) is 0 Å². The molecule has 0 aromatic carbocycles. The Kier molecular flexibility index (Phi) is 7.13. The van der Waals surface area contributed by atoms with Gasteiger partial charge in [-0.05, 0) is 56.3 Å². The summed E-state index contributed by atoms with van der Waals surface area (Å²) in [7, 11) is 0. The second kappa shape index (κ2) is 9.61. The van der Waals surface area contributed by atoms with Crippen molar-refractivity contribution in [1.29, 1.82) is 0 Å². The monoisotopic (exact) mass is 406 g/mol. The van der Waals surface area contributed by atoms with E-state index in [-0.39, 0.29) is 30.0 Å². The van der Waals surface area contributed by atoms with Gasteiger partial charge in [0, 0.05) is 25.4 Å². The van der Waals surface area contributed by atoms with Gasteiger partial charge in [0.25, 0.3) is 0 Å². The summed E-state index contributed by atoms with van der Waals surface area (Å²) in [4.78, 5) is 0. The Morgan fingerprint density at radius 1 is 1.21 bits per heavy atom. The number of rotatable bonds is 8. The molecule has 4 fully saturated rings. The predicted octanol–water partition coefficient (Wildman–Crippen LogP) is 4.21. The molecule has 0 aromatic rings. The van der Waals surface area contributed by atoms with Crippen molar-refractivity contribution >= 4 is 0 Å². The first-order chi connectivity index (χ1) is 14.1. The first-order valence-electron chi connectivity index (χ1n) is 11.6. The van der Waals surface area contributed by atoms with E-state index < -0.39 is 6.10 Å². The molecule has 4 rings (SSSR count). The molecule has 2 saturated heterocycles. The van der Waals surface area contributed by atoms with Crippen molar-refractivity contribution in [2.45, 2.75) is 82.6 Å². The molecular weight excluding hydrogens is 368 g/mol. The third kappa shape index (κ3) is 4.96. The van der Waals surface area contributed by atoms with E-state index in [4.69, 9.17) is 18.9 Å². The number of hydrogen-bond donors (Lipinski definition) is 1. The van der Waals surface area contributed by atoms with Gasteiger partial charge in [-0.25, -0.2) is 0 Å². The van der Waals surface area contributed by atoms with Crippen LogP contribution in [0.1, 0.15) is 58.3 Å². The zero-order chi connectivity index (χ0) is 20.3. The van der Waals surface area contributed by atoms with Crippen LogP contribution in [-0.4, -0.2) is 49.2 Å². The molecule has 1 N–H and O–H groups in total. The fraction of sp³-hybridized carbons (Fsp3) is 0.833. The smallest absolute Gasteiger partial charge is 0.169 e. The molecule has 29 heavy (non-hydrogen) atoms. The number of fused-ring (bicyclic) bond motifs is 1. The van der Waals surface area contributed by atoms with Gasteiger partial charge < -0.3 is 24.1 Å². The van der Waals surface area contributed by atoms with Crippen molar-refractivity contribution in [2.75, 3.05) is 19.8 Å². The topological polar surface area (TPSA) is 57.2 Å². The molecule has 2 heterocycles. The third-order valence-corrected chi connectivity index (χ3v) is 7.40. The van der Waals surface area contributed by atoms with Crippen molar-refractivity contribution in [3.05, 3.63) is 24.8 Å². The Morgan fingerprint density at radius 2 is 2.03 bits per heavy atom. The fourth-order valence-electron chi connectivity index (χ4n) is 5.74. The molecule has 0 bridgehead atoms. The lowest BCUT2D eigenvalue weighted by Crippen LogP contribution is -2.33. The average molecular weight is 407 g/mol. The van der Waals surface area contributed by atoms with Crippen LogP contribution in [0.4, 0.5) is 0 Å². The predicted molar refractivity (Wildman–Crippen MR) is 111 cm³/mol. The highest BCUT2D eigenvalue weighted by atomic mass is 16.7. The number of hydrogen-bond acceptors (Lipinski definition) is 5. The average Bonchev–Trinajstić information content (AvgIpc) is 3.41. The minimum absolute atomic E-state index is 0.0761. The summed E-state index contributed by atoms with van der Waals surface area (Å²) in [5, 5.41) is 10.6. The molecule has 2 aliphatic carbocycles. The molecule has 2 saturated carbocycles. The number of allylic oxidation sites excluding steroid dienone is 1. The third-order valence-electron chi connectivity index (χ3n) is 7.40. The van der Waals surface area contributed by atoms with E-state index in [2.05, 4.69) is 19.6 Å². The molecule has 3 unspecified atom stereocenters. The van der Waals surface area contributed by atoms with Crippen molar-refractivity contribution in [1.82, 2.24) is 0 Å². The van der Waals surface area contributed by atoms with Gasteiger partial charge in [0.05, 0.1) is 25.4 Å². The van der Waals surface area contributed by atoms with Gasteiger partial charge in [-0.3, -0.25) is 0 Å². The van der Waals surface area contributed by atoms with Crippen LogP contribution >= 0.6 is 0 Å². The van der Waals surface area contributed by atoms with Gasteiger partial charge in [0.15, 0.2) is 12.1 Å². The van der Waals surface area contributed by atoms with Gasteiger partial charge in [-0.15, -0.1) is 6.58 Å². The Hall–Kier alpha value is -0.720. The molecule has 0 aromatic heterocycles. The lowest BCUT2D eigenvalue weighted by atomic mass is 9.89. The SMILES string of the molecule is C=CCCC(C)C(O)C=C[C@@H]1[C@@H]2CC3(C[C@@H]2C[C@H]1OC1CCCCO1)OCCO3. The van der Waals surface area contributed by atoms with Crippen molar-refractivity contribution in [3.63, 3.8) is 0 Å². The first-order valence-corrected chi connectivity index (χ1v) is 11.6. The van der Waals surface area contributed by atoms with Crippen LogP contribution in [0.15, 0.2) is 24.8 Å². The number of ether oxygens (including phenoxy) is 4. The molecule has 0 radical (unpaired) electrons. The summed E-state index contributed by atoms with van der Waals surface area (Å²) in [6.07, 6.45) is 13.9. The Balaban J connectivity index is 1.43. The quantitative estimate of drug-likeness (QED) is 0.612. The van der Waals surface area contributed by atoms with Gasteiger partial charge in [-0.2, -0.15) is 0 Å². The number of aliphatic hydroxyl groups is 1. The summed E-state index contributed by atoms with van der Waals surface area (Å²) in [5.41, 5.74) is 0. The van der Waals surface area contributed by atoms with Gasteiger partial charge >= 0.3 is 0 Å². The second-order valence-corrected chi connectivity index (χ2v) is 9.44. The summed E-state index contributed by atoms with van der Waals surface area (Å²) < 4.78 is 24.3. The summed E-state index contributed by atoms with van der Waals surface area (Å²) in [5.74, 6) is 1.15. The van der Waals surface area contributed by atoms with E-state index in [9.17, 15) is 5.11 Å². The highest BCUT2D eigenvalue weighted by Gasteiger charge is 2.56. The molecule has 1 spiro atoms. The maximum atomic E-state index is 10.6. The Morgan fingerprint density at radius 3 is 2.76 bits per heavy atom. The molecule has 7 atom stereocenters. The first kappa shape index (κ1) is 21.5. The molecule has 4 aliphatic rings. The van der Waals surface area contributed by atoms with Crippen LogP contribution in [0.2, 0.25) is 0 Å². The van der Waals surface area contributed by atoms with Crippen molar-refractivity contribution in [3.8, 4) is 0 Å². The lowest BCUT2D eigenvalue weighted by molar-refractivity contribution is -0.198. The fourth-order valence-corrected chi connectivity index (χ4v) is 5.74.